The molecule has 0 spiro atoms. The summed E-state index contributed by atoms with van der Waals surface area (Å²) in [6, 6.07) is 4.42. The minimum absolute atomic E-state index is 0.0248. The number of thiophene rings is 1. The lowest BCUT2D eigenvalue weighted by Gasteiger charge is -2.31. The summed E-state index contributed by atoms with van der Waals surface area (Å²) in [6.45, 7) is 0.512. The van der Waals surface area contributed by atoms with Crippen LogP contribution in [0.25, 0.3) is 0 Å². The molecular formula is C20H19F2N3OS. The van der Waals surface area contributed by atoms with E-state index in [1.807, 2.05) is 0 Å². The second-order valence-corrected chi connectivity index (χ2v) is 8.10. The van der Waals surface area contributed by atoms with Crippen molar-refractivity contribution in [2.75, 3.05) is 23.3 Å². The zero-order chi connectivity index (χ0) is 19.0. The van der Waals surface area contributed by atoms with Crippen LogP contribution in [0.15, 0.2) is 12.1 Å². The Labute approximate surface area is 160 Å². The Bertz CT molecular complexity index is 948. The molecular weight excluding hydrogens is 368 g/mol. The van der Waals surface area contributed by atoms with Gasteiger partial charge in [-0.15, -0.1) is 11.3 Å². The van der Waals surface area contributed by atoms with Gasteiger partial charge < -0.3 is 10.2 Å². The topological polar surface area (TPSA) is 56.1 Å². The van der Waals surface area contributed by atoms with Crippen molar-refractivity contribution in [3.8, 4) is 6.07 Å². The highest BCUT2D eigenvalue weighted by Crippen LogP contribution is 2.38. The molecule has 0 saturated heterocycles. The molecule has 0 unspecified atom stereocenters. The van der Waals surface area contributed by atoms with Crippen LogP contribution in [0, 0.1) is 23.0 Å². The van der Waals surface area contributed by atoms with Crippen molar-refractivity contribution >= 4 is 27.9 Å². The fraction of sp³-hybridized carbons (Fsp3) is 0.400. The van der Waals surface area contributed by atoms with Gasteiger partial charge >= 0.3 is 0 Å². The third kappa shape index (κ3) is 3.42. The first kappa shape index (κ1) is 17.9. The Hall–Kier alpha value is -2.46. The molecule has 2 heterocycles. The molecule has 1 aliphatic heterocycles. The van der Waals surface area contributed by atoms with Crippen LogP contribution in [0.3, 0.4) is 0 Å². The smallest absolute Gasteiger partial charge is 0.244 e. The highest BCUT2D eigenvalue weighted by Gasteiger charge is 2.25. The average molecular weight is 387 g/mol. The highest BCUT2D eigenvalue weighted by molar-refractivity contribution is 7.16. The minimum atomic E-state index is -0.637. The van der Waals surface area contributed by atoms with Crippen molar-refractivity contribution in [2.24, 2.45) is 0 Å². The molecule has 0 saturated carbocycles. The molecule has 1 aliphatic carbocycles. The van der Waals surface area contributed by atoms with Crippen molar-refractivity contribution in [1.29, 1.82) is 5.26 Å². The second kappa shape index (κ2) is 7.28. The largest absolute Gasteiger partial charge is 0.360 e. The SMILES string of the molecule is N#Cc1c(NC(=O)CN2CCCc3cc(F)cc(F)c32)sc2c1CCCC2. The van der Waals surface area contributed by atoms with Crippen molar-refractivity contribution in [3.05, 3.63) is 45.3 Å². The molecule has 1 N–H and O–H groups in total. The first-order valence-electron chi connectivity index (χ1n) is 9.14. The van der Waals surface area contributed by atoms with E-state index in [2.05, 4.69) is 11.4 Å². The number of hydrogen-bond donors (Lipinski definition) is 1. The Kier molecular flexibility index (Phi) is 4.83. The van der Waals surface area contributed by atoms with Crippen LogP contribution in [0.5, 0.6) is 0 Å². The van der Waals surface area contributed by atoms with E-state index in [0.29, 0.717) is 34.8 Å². The average Bonchev–Trinajstić information content (AvgIpc) is 2.98. The lowest BCUT2D eigenvalue weighted by atomic mass is 9.96. The summed E-state index contributed by atoms with van der Waals surface area (Å²) in [5, 5.41) is 12.9. The zero-order valence-corrected chi connectivity index (χ0v) is 15.6. The number of anilines is 2. The van der Waals surface area contributed by atoms with Gasteiger partial charge in [0, 0.05) is 17.5 Å². The molecule has 140 valence electrons. The molecule has 7 heteroatoms. The molecule has 0 fully saturated rings. The predicted molar refractivity (Wildman–Crippen MR) is 101 cm³/mol. The standard InChI is InChI=1S/C20H19F2N3OS/c21-13-8-12-4-3-7-25(19(12)16(22)9-13)11-18(26)24-20-15(10-23)14-5-1-2-6-17(14)27-20/h8-9H,1-7,11H2,(H,24,26). The van der Waals surface area contributed by atoms with Crippen molar-refractivity contribution in [3.63, 3.8) is 0 Å². The van der Waals surface area contributed by atoms with Gasteiger partial charge in [-0.25, -0.2) is 8.78 Å². The fourth-order valence-electron chi connectivity index (χ4n) is 4.01. The van der Waals surface area contributed by atoms with Gasteiger partial charge in [0.25, 0.3) is 0 Å². The number of halogens is 2. The van der Waals surface area contributed by atoms with E-state index in [1.54, 1.807) is 4.90 Å². The third-order valence-electron chi connectivity index (χ3n) is 5.17. The van der Waals surface area contributed by atoms with Gasteiger partial charge in [0.2, 0.25) is 5.91 Å². The van der Waals surface area contributed by atoms with Crippen LogP contribution in [-0.2, 0) is 24.1 Å². The maximum Gasteiger partial charge on any atom is 0.244 e. The van der Waals surface area contributed by atoms with E-state index in [4.69, 9.17) is 0 Å². The molecule has 27 heavy (non-hydrogen) atoms. The van der Waals surface area contributed by atoms with E-state index in [1.165, 1.54) is 22.3 Å². The number of aryl methyl sites for hydroxylation is 2. The van der Waals surface area contributed by atoms with Gasteiger partial charge in [0.15, 0.2) is 0 Å². The van der Waals surface area contributed by atoms with Crippen LogP contribution in [-0.4, -0.2) is 19.0 Å². The molecule has 0 bridgehead atoms. The summed E-state index contributed by atoms with van der Waals surface area (Å²) in [5.74, 6) is -1.52. The van der Waals surface area contributed by atoms with Gasteiger partial charge in [0.1, 0.15) is 22.7 Å². The second-order valence-electron chi connectivity index (χ2n) is 7.00. The third-order valence-corrected chi connectivity index (χ3v) is 6.38. The number of carbonyl (C=O) groups excluding carboxylic acids is 1. The monoisotopic (exact) mass is 387 g/mol. The van der Waals surface area contributed by atoms with Crippen molar-refractivity contribution < 1.29 is 13.6 Å². The number of amides is 1. The molecule has 1 aromatic heterocycles. The molecule has 2 aromatic rings. The summed E-state index contributed by atoms with van der Waals surface area (Å²) in [4.78, 5) is 15.4. The Morgan fingerprint density at radius 3 is 2.85 bits per heavy atom. The quantitative estimate of drug-likeness (QED) is 0.860. The lowest BCUT2D eigenvalue weighted by molar-refractivity contribution is -0.115. The number of hydrogen-bond acceptors (Lipinski definition) is 4. The van der Waals surface area contributed by atoms with Crippen LogP contribution in [0.2, 0.25) is 0 Å². The van der Waals surface area contributed by atoms with Gasteiger partial charge in [-0.2, -0.15) is 5.26 Å². The van der Waals surface area contributed by atoms with Gasteiger partial charge in [-0.3, -0.25) is 4.79 Å². The number of carbonyl (C=O) groups is 1. The van der Waals surface area contributed by atoms with Crippen molar-refractivity contribution in [1.82, 2.24) is 0 Å². The molecule has 4 rings (SSSR count). The Balaban J connectivity index is 1.54. The number of nitriles is 1. The van der Waals surface area contributed by atoms with Gasteiger partial charge in [0.05, 0.1) is 17.8 Å². The number of benzene rings is 1. The van der Waals surface area contributed by atoms with E-state index in [9.17, 15) is 18.8 Å². The first-order valence-corrected chi connectivity index (χ1v) is 9.96. The minimum Gasteiger partial charge on any atom is -0.360 e. The van der Waals surface area contributed by atoms with E-state index in [-0.39, 0.29) is 12.5 Å². The lowest BCUT2D eigenvalue weighted by Crippen LogP contribution is -2.37. The normalized spacial score (nSPS) is 15.7. The molecule has 4 nitrogen and oxygen atoms in total. The number of nitrogens with one attached hydrogen (secondary N) is 1. The first-order chi connectivity index (χ1) is 13.1. The number of fused-ring (bicyclic) bond motifs is 2. The van der Waals surface area contributed by atoms with Gasteiger partial charge in [-0.05, 0) is 55.7 Å². The fourth-order valence-corrected chi connectivity index (χ4v) is 5.26. The predicted octanol–water partition coefficient (Wildman–Crippen LogP) is 4.17. The molecule has 0 atom stereocenters. The summed E-state index contributed by atoms with van der Waals surface area (Å²) in [7, 11) is 0. The van der Waals surface area contributed by atoms with Crippen LogP contribution < -0.4 is 10.2 Å². The van der Waals surface area contributed by atoms with Gasteiger partial charge in [-0.1, -0.05) is 0 Å². The molecule has 2 aliphatic rings. The maximum atomic E-state index is 14.3. The molecule has 0 radical (unpaired) electrons. The molecule has 1 amide bonds. The van der Waals surface area contributed by atoms with Crippen LogP contribution >= 0.6 is 11.3 Å². The summed E-state index contributed by atoms with van der Waals surface area (Å²) >= 11 is 1.47. The summed E-state index contributed by atoms with van der Waals surface area (Å²) in [6.07, 6.45) is 5.32. The van der Waals surface area contributed by atoms with Crippen LogP contribution in [0.1, 0.15) is 40.8 Å². The van der Waals surface area contributed by atoms with E-state index in [0.717, 1.165) is 43.7 Å². The summed E-state index contributed by atoms with van der Waals surface area (Å²) < 4.78 is 27.7. The highest BCUT2D eigenvalue weighted by atomic mass is 32.1. The van der Waals surface area contributed by atoms with E-state index < -0.39 is 11.6 Å². The van der Waals surface area contributed by atoms with Crippen molar-refractivity contribution in [2.45, 2.75) is 38.5 Å². The van der Waals surface area contributed by atoms with E-state index >= 15 is 0 Å². The zero-order valence-electron chi connectivity index (χ0n) is 14.8. The number of rotatable bonds is 3. The Morgan fingerprint density at radius 2 is 2.04 bits per heavy atom. The Morgan fingerprint density at radius 1 is 1.22 bits per heavy atom. The van der Waals surface area contributed by atoms with Crippen LogP contribution in [0.4, 0.5) is 19.5 Å². The molecule has 1 aromatic carbocycles. The number of nitrogens with zero attached hydrogens (tertiary/aromatic N) is 2. The maximum absolute atomic E-state index is 14.3. The summed E-state index contributed by atoms with van der Waals surface area (Å²) in [5.41, 5.74) is 2.53.